The van der Waals surface area contributed by atoms with Crippen LogP contribution in [0.25, 0.3) is 0 Å². The fourth-order valence-corrected chi connectivity index (χ4v) is 3.37. The molecule has 4 rings (SSSR count). The second-order valence-electron chi connectivity index (χ2n) is 5.62. The van der Waals surface area contributed by atoms with Gasteiger partial charge in [-0.25, -0.2) is 0 Å². The largest absolute Gasteiger partial charge is 0.407 e. The third kappa shape index (κ3) is 3.16. The Hall–Kier alpha value is -3.00. The molecule has 0 radical (unpaired) electrons. The van der Waals surface area contributed by atoms with Crippen molar-refractivity contribution in [1.82, 2.24) is 10.2 Å². The quantitative estimate of drug-likeness (QED) is 0.778. The summed E-state index contributed by atoms with van der Waals surface area (Å²) in [5, 5.41) is 12.2. The van der Waals surface area contributed by atoms with E-state index in [0.29, 0.717) is 23.7 Å². The van der Waals surface area contributed by atoms with Crippen molar-refractivity contribution >= 4 is 34.9 Å². The number of benzene rings is 1. The van der Waals surface area contributed by atoms with Crippen LogP contribution in [0.3, 0.4) is 0 Å². The third-order valence-corrected chi connectivity index (χ3v) is 4.82. The molecule has 0 aliphatic carbocycles. The number of nitrogens with zero attached hydrogens (tertiary/aromatic N) is 3. The Kier molecular flexibility index (Phi) is 4.02. The molecule has 1 aliphatic heterocycles. The van der Waals surface area contributed by atoms with Gasteiger partial charge in [-0.15, -0.1) is 16.4 Å². The Labute approximate surface area is 147 Å². The van der Waals surface area contributed by atoms with E-state index < -0.39 is 0 Å². The summed E-state index contributed by atoms with van der Waals surface area (Å²) in [6.45, 7) is 0.476. The summed E-state index contributed by atoms with van der Waals surface area (Å²) in [6, 6.07) is 13.0. The first-order valence-corrected chi connectivity index (χ1v) is 8.62. The van der Waals surface area contributed by atoms with Crippen LogP contribution in [0.5, 0.6) is 0 Å². The van der Waals surface area contributed by atoms with Gasteiger partial charge >= 0.3 is 6.01 Å². The predicted molar refractivity (Wildman–Crippen MR) is 92.7 cm³/mol. The maximum atomic E-state index is 12.3. The number of rotatable bonds is 4. The van der Waals surface area contributed by atoms with Gasteiger partial charge in [0.25, 0.3) is 5.91 Å². The molecule has 2 aromatic heterocycles. The second-order valence-corrected chi connectivity index (χ2v) is 6.57. The van der Waals surface area contributed by atoms with Gasteiger partial charge in [-0.05, 0) is 23.6 Å². The zero-order valence-corrected chi connectivity index (χ0v) is 13.9. The molecule has 126 valence electrons. The summed E-state index contributed by atoms with van der Waals surface area (Å²) in [4.78, 5) is 26.5. The summed E-state index contributed by atoms with van der Waals surface area (Å²) in [7, 11) is 0. The number of aromatic nitrogens is 2. The van der Waals surface area contributed by atoms with Crippen LogP contribution < -0.4 is 10.2 Å². The van der Waals surface area contributed by atoms with Gasteiger partial charge in [-0.1, -0.05) is 29.4 Å². The first-order chi connectivity index (χ1) is 12.2. The standard InChI is InChI=1S/C17H14N4O3S/c22-14-9-11(10-21(14)12-5-2-1-3-6-12)16-19-20-17(24-16)18-15(23)13-7-4-8-25-13/h1-8,11H,9-10H2,(H,18,20,23). The average molecular weight is 354 g/mol. The summed E-state index contributed by atoms with van der Waals surface area (Å²) < 4.78 is 5.54. The molecule has 1 N–H and O–H groups in total. The van der Waals surface area contributed by atoms with E-state index in [1.54, 1.807) is 17.0 Å². The summed E-state index contributed by atoms with van der Waals surface area (Å²) in [5.41, 5.74) is 0.848. The highest BCUT2D eigenvalue weighted by Crippen LogP contribution is 2.31. The first-order valence-electron chi connectivity index (χ1n) is 7.74. The molecule has 1 saturated heterocycles. The van der Waals surface area contributed by atoms with Crippen LogP contribution in [0, 0.1) is 0 Å². The van der Waals surface area contributed by atoms with Crippen molar-refractivity contribution in [2.75, 3.05) is 16.8 Å². The molecule has 3 aromatic rings. The monoisotopic (exact) mass is 354 g/mol. The van der Waals surface area contributed by atoms with E-state index >= 15 is 0 Å². The topological polar surface area (TPSA) is 88.3 Å². The second kappa shape index (κ2) is 6.48. The Morgan fingerprint density at radius 3 is 2.80 bits per heavy atom. The molecule has 1 fully saturated rings. The van der Waals surface area contributed by atoms with E-state index in [0.717, 1.165) is 5.69 Å². The number of anilines is 2. The molecule has 1 unspecified atom stereocenters. The minimum atomic E-state index is -0.293. The van der Waals surface area contributed by atoms with Crippen LogP contribution in [-0.4, -0.2) is 28.6 Å². The zero-order chi connectivity index (χ0) is 17.2. The number of thiophene rings is 1. The van der Waals surface area contributed by atoms with E-state index in [-0.39, 0.29) is 23.7 Å². The van der Waals surface area contributed by atoms with Crippen LogP contribution in [0.4, 0.5) is 11.7 Å². The van der Waals surface area contributed by atoms with E-state index in [1.165, 1.54) is 11.3 Å². The smallest absolute Gasteiger partial charge is 0.322 e. The highest BCUT2D eigenvalue weighted by Gasteiger charge is 2.35. The molecule has 8 heteroatoms. The van der Waals surface area contributed by atoms with Crippen LogP contribution in [0.2, 0.25) is 0 Å². The highest BCUT2D eigenvalue weighted by atomic mass is 32.1. The van der Waals surface area contributed by atoms with Gasteiger partial charge in [-0.2, -0.15) is 0 Å². The molecule has 25 heavy (non-hydrogen) atoms. The number of nitrogens with one attached hydrogen (secondary N) is 1. The van der Waals surface area contributed by atoms with Gasteiger partial charge in [0.1, 0.15) is 0 Å². The lowest BCUT2D eigenvalue weighted by Crippen LogP contribution is -2.24. The van der Waals surface area contributed by atoms with Crippen molar-refractivity contribution in [2.45, 2.75) is 12.3 Å². The number of para-hydroxylation sites is 1. The first kappa shape index (κ1) is 15.5. The normalized spacial score (nSPS) is 17.0. The van der Waals surface area contributed by atoms with Gasteiger partial charge < -0.3 is 9.32 Å². The molecular formula is C17H14N4O3S. The van der Waals surface area contributed by atoms with Crippen molar-refractivity contribution in [3.05, 3.63) is 58.6 Å². The Morgan fingerprint density at radius 1 is 1.20 bits per heavy atom. The van der Waals surface area contributed by atoms with Crippen molar-refractivity contribution in [1.29, 1.82) is 0 Å². The van der Waals surface area contributed by atoms with Crippen molar-refractivity contribution in [2.24, 2.45) is 0 Å². The van der Waals surface area contributed by atoms with Crippen LogP contribution in [0.1, 0.15) is 27.9 Å². The lowest BCUT2D eigenvalue weighted by Gasteiger charge is -2.15. The minimum absolute atomic E-state index is 0.0126. The molecule has 0 spiro atoms. The molecule has 0 saturated carbocycles. The van der Waals surface area contributed by atoms with Crippen molar-refractivity contribution in [3.63, 3.8) is 0 Å². The zero-order valence-electron chi connectivity index (χ0n) is 13.1. The maximum Gasteiger partial charge on any atom is 0.322 e. The van der Waals surface area contributed by atoms with E-state index in [9.17, 15) is 9.59 Å². The number of carbonyl (C=O) groups is 2. The highest BCUT2D eigenvalue weighted by molar-refractivity contribution is 7.12. The van der Waals surface area contributed by atoms with E-state index in [2.05, 4.69) is 15.5 Å². The van der Waals surface area contributed by atoms with Crippen molar-refractivity contribution < 1.29 is 14.0 Å². The number of carbonyl (C=O) groups excluding carboxylic acids is 2. The predicted octanol–water partition coefficient (Wildman–Crippen LogP) is 2.90. The van der Waals surface area contributed by atoms with Crippen molar-refractivity contribution in [3.8, 4) is 0 Å². The Balaban J connectivity index is 1.46. The molecule has 7 nitrogen and oxygen atoms in total. The Bertz CT molecular complexity index is 892. The Morgan fingerprint density at radius 2 is 2.04 bits per heavy atom. The van der Waals surface area contributed by atoms with Crippen LogP contribution >= 0.6 is 11.3 Å². The molecular weight excluding hydrogens is 340 g/mol. The van der Waals surface area contributed by atoms with E-state index in [4.69, 9.17) is 4.42 Å². The van der Waals surface area contributed by atoms with Gasteiger partial charge in [0.05, 0.1) is 10.8 Å². The number of hydrogen-bond acceptors (Lipinski definition) is 6. The lowest BCUT2D eigenvalue weighted by atomic mass is 10.1. The fourth-order valence-electron chi connectivity index (χ4n) is 2.75. The number of amides is 2. The SMILES string of the molecule is O=C(Nc1nnc(C2CC(=O)N(c3ccccc3)C2)o1)c1cccs1. The van der Waals surface area contributed by atoms with Gasteiger partial charge in [0.2, 0.25) is 11.8 Å². The van der Waals surface area contributed by atoms with E-state index in [1.807, 2.05) is 35.7 Å². The van der Waals surface area contributed by atoms with Gasteiger partial charge in [0, 0.05) is 18.7 Å². The molecule has 1 aromatic carbocycles. The molecule has 2 amide bonds. The molecule has 0 bridgehead atoms. The fraction of sp³-hybridized carbons (Fsp3) is 0.176. The summed E-state index contributed by atoms with van der Waals surface area (Å²) >= 11 is 1.33. The summed E-state index contributed by atoms with van der Waals surface area (Å²) in [5.74, 6) is -0.113. The summed E-state index contributed by atoms with van der Waals surface area (Å²) in [6.07, 6.45) is 0.301. The molecule has 3 heterocycles. The molecule has 1 atom stereocenters. The van der Waals surface area contributed by atoms with Crippen LogP contribution in [0.15, 0.2) is 52.3 Å². The minimum Gasteiger partial charge on any atom is -0.407 e. The molecule has 1 aliphatic rings. The average Bonchev–Trinajstić information content (AvgIpc) is 3.36. The van der Waals surface area contributed by atoms with Gasteiger partial charge in [-0.3, -0.25) is 14.9 Å². The van der Waals surface area contributed by atoms with Crippen LogP contribution in [-0.2, 0) is 4.79 Å². The number of hydrogen-bond donors (Lipinski definition) is 1. The lowest BCUT2D eigenvalue weighted by molar-refractivity contribution is -0.117. The maximum absolute atomic E-state index is 12.3. The van der Waals surface area contributed by atoms with Gasteiger partial charge in [0.15, 0.2) is 0 Å². The third-order valence-electron chi connectivity index (χ3n) is 3.95.